The molecule has 0 spiro atoms. The Kier molecular flexibility index (Phi) is 6.58. The molecule has 8 heteroatoms. The van der Waals surface area contributed by atoms with Gasteiger partial charge >= 0.3 is 0 Å². The van der Waals surface area contributed by atoms with Crippen molar-refractivity contribution in [1.82, 2.24) is 4.31 Å². The second kappa shape index (κ2) is 6.91. The molecule has 0 atom stereocenters. The Bertz CT molecular complexity index is 373. The van der Waals surface area contributed by atoms with Gasteiger partial charge in [0.1, 0.15) is 5.84 Å². The molecule has 0 fully saturated rings. The summed E-state index contributed by atoms with van der Waals surface area (Å²) in [6, 6.07) is 0. The van der Waals surface area contributed by atoms with Gasteiger partial charge in [0.05, 0.1) is 11.4 Å². The molecule has 0 aliphatic rings. The van der Waals surface area contributed by atoms with Gasteiger partial charge in [-0.3, -0.25) is 0 Å². The van der Waals surface area contributed by atoms with Gasteiger partial charge in [0, 0.05) is 26.6 Å². The number of methoxy groups -OCH3 is 1. The summed E-state index contributed by atoms with van der Waals surface area (Å²) in [6.07, 6.45) is 0.176. The van der Waals surface area contributed by atoms with Crippen LogP contribution in [0.15, 0.2) is 5.16 Å². The van der Waals surface area contributed by atoms with Crippen LogP contribution in [-0.4, -0.2) is 55.3 Å². The molecule has 0 bridgehead atoms. The van der Waals surface area contributed by atoms with Crippen LogP contribution in [0.4, 0.5) is 0 Å². The molecule has 0 aliphatic heterocycles. The fourth-order valence-corrected chi connectivity index (χ4v) is 2.64. The van der Waals surface area contributed by atoms with Gasteiger partial charge in [-0.15, -0.1) is 0 Å². The van der Waals surface area contributed by atoms with E-state index in [0.29, 0.717) is 6.61 Å². The van der Waals surface area contributed by atoms with Crippen LogP contribution in [0, 0.1) is 0 Å². The zero-order valence-electron chi connectivity index (χ0n) is 11.4. The summed E-state index contributed by atoms with van der Waals surface area (Å²) in [7, 11) is -1.95. The smallest absolute Gasteiger partial charge is 0.219 e. The van der Waals surface area contributed by atoms with Gasteiger partial charge in [-0.1, -0.05) is 5.16 Å². The molecule has 0 saturated carbocycles. The fourth-order valence-electron chi connectivity index (χ4n) is 1.22. The average molecular weight is 281 g/mol. The molecular weight excluding hydrogens is 258 g/mol. The van der Waals surface area contributed by atoms with Crippen LogP contribution < -0.4 is 5.73 Å². The quantitative estimate of drug-likeness (QED) is 0.300. The number of hydrogen-bond donors (Lipinski definition) is 2. The van der Waals surface area contributed by atoms with Gasteiger partial charge in [-0.2, -0.15) is 4.31 Å². The second-order valence-corrected chi connectivity index (χ2v) is 7.54. The maximum absolute atomic E-state index is 12.3. The van der Waals surface area contributed by atoms with Crippen LogP contribution >= 0.6 is 0 Å². The Balaban J connectivity index is 4.89. The number of ether oxygens (including phenoxy) is 1. The highest BCUT2D eigenvalue weighted by Gasteiger charge is 2.34. The van der Waals surface area contributed by atoms with Crippen molar-refractivity contribution >= 4 is 15.9 Å². The standard InChI is InChI=1S/C10H23N3O4S/c1-10(2,3)18(15,16)13(7-8-17-4)6-5-9(11)12-14/h14H,5-8H2,1-4H3,(H2,11,12). The van der Waals surface area contributed by atoms with Crippen LogP contribution in [0.1, 0.15) is 27.2 Å². The normalized spacial score (nSPS) is 14.2. The van der Waals surface area contributed by atoms with Crippen molar-refractivity contribution in [3.8, 4) is 0 Å². The molecule has 18 heavy (non-hydrogen) atoms. The van der Waals surface area contributed by atoms with Gasteiger partial charge in [0.25, 0.3) is 0 Å². The molecule has 0 unspecified atom stereocenters. The highest BCUT2D eigenvalue weighted by atomic mass is 32.2. The minimum atomic E-state index is -3.45. The monoisotopic (exact) mass is 281 g/mol. The molecule has 3 N–H and O–H groups in total. The average Bonchev–Trinajstić information content (AvgIpc) is 2.26. The summed E-state index contributed by atoms with van der Waals surface area (Å²) in [5, 5.41) is 11.3. The van der Waals surface area contributed by atoms with Crippen LogP contribution in [0.2, 0.25) is 0 Å². The largest absolute Gasteiger partial charge is 0.409 e. The lowest BCUT2D eigenvalue weighted by Gasteiger charge is -2.29. The summed E-state index contributed by atoms with van der Waals surface area (Å²) < 4.78 is 29.9. The molecule has 0 aromatic carbocycles. The predicted octanol–water partition coefficient (Wildman–Crippen LogP) is 0.200. The number of oxime groups is 1. The van der Waals surface area contributed by atoms with E-state index in [2.05, 4.69) is 5.16 Å². The number of hydrogen-bond acceptors (Lipinski definition) is 5. The summed E-state index contributed by atoms with van der Waals surface area (Å²) in [4.78, 5) is 0. The van der Waals surface area contributed by atoms with Gasteiger partial charge < -0.3 is 15.7 Å². The fraction of sp³-hybridized carbons (Fsp3) is 0.900. The van der Waals surface area contributed by atoms with Crippen molar-refractivity contribution in [2.45, 2.75) is 31.9 Å². The number of rotatable bonds is 7. The summed E-state index contributed by atoms with van der Waals surface area (Å²) >= 11 is 0. The van der Waals surface area contributed by atoms with Gasteiger partial charge in [-0.05, 0) is 20.8 Å². The molecule has 0 aliphatic carbocycles. The van der Waals surface area contributed by atoms with E-state index in [1.807, 2.05) is 0 Å². The second-order valence-electron chi connectivity index (χ2n) is 4.85. The highest BCUT2D eigenvalue weighted by Crippen LogP contribution is 2.20. The topological polar surface area (TPSA) is 105 Å². The van der Waals surface area contributed by atoms with Crippen LogP contribution in [-0.2, 0) is 14.8 Å². The van der Waals surface area contributed by atoms with Crippen LogP contribution in [0.25, 0.3) is 0 Å². The van der Waals surface area contributed by atoms with E-state index >= 15 is 0 Å². The van der Waals surface area contributed by atoms with Crippen molar-refractivity contribution in [3.63, 3.8) is 0 Å². The molecule has 0 radical (unpaired) electrons. The Labute approximate surface area is 109 Å². The first-order valence-electron chi connectivity index (χ1n) is 5.62. The Hall–Kier alpha value is -0.860. The third kappa shape index (κ3) is 4.79. The van der Waals surface area contributed by atoms with Crippen molar-refractivity contribution in [2.75, 3.05) is 26.8 Å². The number of amidine groups is 1. The lowest BCUT2D eigenvalue weighted by atomic mass is 10.3. The number of nitrogens with zero attached hydrogens (tertiary/aromatic N) is 2. The van der Waals surface area contributed by atoms with Crippen molar-refractivity contribution < 1.29 is 18.4 Å². The molecule has 0 amide bonds. The summed E-state index contributed by atoms with van der Waals surface area (Å²) in [5.74, 6) is 0.00141. The van der Waals surface area contributed by atoms with E-state index in [4.69, 9.17) is 15.7 Å². The molecule has 0 aromatic rings. The SMILES string of the molecule is COCCN(CC/C(N)=N/O)S(=O)(=O)C(C)(C)C. The van der Waals surface area contributed by atoms with Crippen molar-refractivity contribution in [3.05, 3.63) is 0 Å². The Morgan fingerprint density at radius 1 is 1.39 bits per heavy atom. The van der Waals surface area contributed by atoms with E-state index in [-0.39, 0.29) is 25.3 Å². The van der Waals surface area contributed by atoms with E-state index in [1.165, 1.54) is 11.4 Å². The molecular formula is C10H23N3O4S. The zero-order chi connectivity index (χ0) is 14.4. The first kappa shape index (κ1) is 17.1. The van der Waals surface area contributed by atoms with Gasteiger partial charge in [0.15, 0.2) is 0 Å². The lowest BCUT2D eigenvalue weighted by molar-refractivity contribution is 0.178. The number of nitrogens with two attached hydrogens (primary N) is 1. The van der Waals surface area contributed by atoms with E-state index in [9.17, 15) is 8.42 Å². The van der Waals surface area contributed by atoms with Crippen LogP contribution in [0.3, 0.4) is 0 Å². The molecule has 0 aromatic heterocycles. The third-order valence-corrected chi connectivity index (χ3v) is 5.00. The molecule has 0 heterocycles. The van der Waals surface area contributed by atoms with E-state index in [0.717, 1.165) is 0 Å². The minimum absolute atomic E-state index is 0.00141. The highest BCUT2D eigenvalue weighted by molar-refractivity contribution is 7.90. The summed E-state index contributed by atoms with van der Waals surface area (Å²) in [6.45, 7) is 5.60. The van der Waals surface area contributed by atoms with Gasteiger partial charge in [-0.25, -0.2) is 8.42 Å². The maximum atomic E-state index is 12.3. The maximum Gasteiger partial charge on any atom is 0.219 e. The van der Waals surface area contributed by atoms with Crippen molar-refractivity contribution in [2.24, 2.45) is 10.9 Å². The Morgan fingerprint density at radius 3 is 2.33 bits per heavy atom. The van der Waals surface area contributed by atoms with Crippen LogP contribution in [0.5, 0.6) is 0 Å². The number of sulfonamides is 1. The minimum Gasteiger partial charge on any atom is -0.409 e. The molecule has 0 saturated heterocycles. The molecule has 7 nitrogen and oxygen atoms in total. The summed E-state index contributed by atoms with van der Waals surface area (Å²) in [5.41, 5.74) is 5.35. The zero-order valence-corrected chi connectivity index (χ0v) is 12.2. The van der Waals surface area contributed by atoms with Crippen molar-refractivity contribution in [1.29, 1.82) is 0 Å². The predicted molar refractivity (Wildman–Crippen MR) is 70.1 cm³/mol. The molecule has 108 valence electrons. The first-order valence-corrected chi connectivity index (χ1v) is 7.06. The Morgan fingerprint density at radius 2 is 1.94 bits per heavy atom. The molecule has 0 rings (SSSR count). The van der Waals surface area contributed by atoms with Gasteiger partial charge in [0.2, 0.25) is 10.0 Å². The lowest BCUT2D eigenvalue weighted by Crippen LogP contribution is -2.45. The first-order chi connectivity index (χ1) is 8.16. The van der Waals surface area contributed by atoms with E-state index < -0.39 is 14.8 Å². The third-order valence-electron chi connectivity index (χ3n) is 2.40. The van der Waals surface area contributed by atoms with E-state index in [1.54, 1.807) is 20.8 Å².